The molecule has 2 aliphatic rings. The minimum absolute atomic E-state index is 0.0917. The highest BCUT2D eigenvalue weighted by molar-refractivity contribution is 6.08. The van der Waals surface area contributed by atoms with Crippen LogP contribution in [-0.4, -0.2) is 24.4 Å². The Balaban J connectivity index is 1.43. The van der Waals surface area contributed by atoms with Gasteiger partial charge in [0.1, 0.15) is 7.05 Å². The largest absolute Gasteiger partial charge is 0.347 e. The molecule has 0 saturated carbocycles. The molecule has 0 radical (unpaired) electrons. The number of allylic oxidation sites excluding steroid dienone is 4. The van der Waals surface area contributed by atoms with Crippen molar-refractivity contribution in [3.63, 3.8) is 0 Å². The first kappa shape index (κ1) is 25.6. The highest BCUT2D eigenvalue weighted by atomic mass is 15.2. The summed E-state index contributed by atoms with van der Waals surface area (Å²) in [7, 11) is 4.44. The molecule has 0 atom stereocenters. The minimum atomic E-state index is -0.0932. The second-order valence-electron chi connectivity index (χ2n) is 12.9. The third kappa shape index (κ3) is 3.57. The van der Waals surface area contributed by atoms with Crippen LogP contribution in [0.2, 0.25) is 0 Å². The highest BCUT2D eigenvalue weighted by Gasteiger charge is 2.44. The van der Waals surface area contributed by atoms with Crippen molar-refractivity contribution in [1.82, 2.24) is 0 Å². The van der Waals surface area contributed by atoms with E-state index in [0.29, 0.717) is 0 Å². The van der Waals surface area contributed by atoms with E-state index < -0.39 is 0 Å². The molecule has 0 aliphatic carbocycles. The van der Waals surface area contributed by atoms with Crippen molar-refractivity contribution in [3.8, 4) is 0 Å². The Morgan fingerprint density at radius 3 is 2.10 bits per heavy atom. The van der Waals surface area contributed by atoms with Gasteiger partial charge in [0, 0.05) is 41.6 Å². The van der Waals surface area contributed by atoms with Gasteiger partial charge in [-0.1, -0.05) is 61.4 Å². The number of nitrogens with zero attached hydrogens (tertiary/aromatic N) is 2. The number of fused-ring (bicyclic) bond motifs is 6. The number of anilines is 1. The maximum Gasteiger partial charge on any atom is 0.210 e. The molecular formula is C37H41N2+. The Bertz CT molecular complexity index is 1810. The van der Waals surface area contributed by atoms with Crippen LogP contribution in [0.4, 0.5) is 11.4 Å². The van der Waals surface area contributed by atoms with Crippen molar-refractivity contribution in [1.29, 1.82) is 0 Å². The van der Waals surface area contributed by atoms with Crippen molar-refractivity contribution in [2.75, 3.05) is 19.0 Å². The molecule has 0 saturated heterocycles. The molecule has 0 unspecified atom stereocenters. The van der Waals surface area contributed by atoms with Gasteiger partial charge in [-0.2, -0.15) is 4.58 Å². The normalized spacial score (nSPS) is 18.7. The Morgan fingerprint density at radius 2 is 1.36 bits per heavy atom. The van der Waals surface area contributed by atoms with Crippen LogP contribution in [0.25, 0.3) is 21.5 Å². The van der Waals surface area contributed by atoms with Crippen LogP contribution in [-0.2, 0) is 10.8 Å². The summed E-state index contributed by atoms with van der Waals surface area (Å²) in [6.07, 6.45) is 6.94. The molecule has 4 aromatic rings. The van der Waals surface area contributed by atoms with Gasteiger partial charge in [0.15, 0.2) is 5.71 Å². The summed E-state index contributed by atoms with van der Waals surface area (Å²) in [5, 5.41) is 5.48. The van der Waals surface area contributed by atoms with E-state index in [-0.39, 0.29) is 10.8 Å². The van der Waals surface area contributed by atoms with Crippen LogP contribution < -0.4 is 4.90 Å². The fraction of sp³-hybridized carbons (Fsp3) is 0.324. The summed E-state index contributed by atoms with van der Waals surface area (Å²) in [6.45, 7) is 18.3. The second-order valence-corrected chi connectivity index (χ2v) is 12.9. The van der Waals surface area contributed by atoms with Crippen molar-refractivity contribution in [3.05, 3.63) is 106 Å². The quantitative estimate of drug-likeness (QED) is 0.242. The van der Waals surface area contributed by atoms with Crippen molar-refractivity contribution in [2.45, 2.75) is 66.2 Å². The number of benzene rings is 4. The molecule has 6 rings (SSSR count). The first-order valence-corrected chi connectivity index (χ1v) is 14.2. The predicted molar refractivity (Wildman–Crippen MR) is 169 cm³/mol. The first-order chi connectivity index (χ1) is 18.3. The van der Waals surface area contributed by atoms with Crippen LogP contribution in [0, 0.1) is 27.7 Å². The van der Waals surface area contributed by atoms with Gasteiger partial charge < -0.3 is 4.90 Å². The SMILES string of the molecule is Cc1ccc2c3c(cc(C)c2c1)N(C)/C(=C/C=C/C1=[N+](C)c2ccc4c(C)cc(C)cc4c2C1(C)C)C3(C)C. The topological polar surface area (TPSA) is 6.25 Å². The molecule has 4 aromatic carbocycles. The van der Waals surface area contributed by atoms with Crippen LogP contribution in [0.15, 0.2) is 72.5 Å². The third-order valence-corrected chi connectivity index (χ3v) is 9.43. The van der Waals surface area contributed by atoms with E-state index in [1.165, 1.54) is 77.7 Å². The lowest BCUT2D eigenvalue weighted by Gasteiger charge is -2.24. The van der Waals surface area contributed by atoms with Crippen molar-refractivity contribution < 1.29 is 4.58 Å². The highest BCUT2D eigenvalue weighted by Crippen LogP contribution is 2.51. The second kappa shape index (κ2) is 8.42. The van der Waals surface area contributed by atoms with Gasteiger partial charge >= 0.3 is 0 Å². The molecule has 2 aliphatic heterocycles. The number of hydrogen-bond acceptors (Lipinski definition) is 1. The van der Waals surface area contributed by atoms with E-state index in [2.05, 4.69) is 146 Å². The zero-order chi connectivity index (χ0) is 28.0. The van der Waals surface area contributed by atoms with Gasteiger partial charge in [0.25, 0.3) is 0 Å². The molecule has 39 heavy (non-hydrogen) atoms. The average Bonchev–Trinajstić information content (AvgIpc) is 3.17. The minimum Gasteiger partial charge on any atom is -0.347 e. The summed E-state index contributed by atoms with van der Waals surface area (Å²) in [5.41, 5.74) is 13.3. The summed E-state index contributed by atoms with van der Waals surface area (Å²) in [5.74, 6) is 0. The van der Waals surface area contributed by atoms with E-state index in [9.17, 15) is 0 Å². The van der Waals surface area contributed by atoms with Gasteiger partial charge in [0.2, 0.25) is 5.69 Å². The summed E-state index contributed by atoms with van der Waals surface area (Å²) in [4.78, 5) is 2.40. The van der Waals surface area contributed by atoms with E-state index in [0.717, 1.165) is 0 Å². The lowest BCUT2D eigenvalue weighted by molar-refractivity contribution is -0.401. The lowest BCUT2D eigenvalue weighted by Crippen LogP contribution is -2.27. The molecule has 2 heterocycles. The van der Waals surface area contributed by atoms with Crippen molar-refractivity contribution >= 4 is 38.6 Å². The molecular weight excluding hydrogens is 472 g/mol. The first-order valence-electron chi connectivity index (χ1n) is 14.2. The van der Waals surface area contributed by atoms with Crippen molar-refractivity contribution in [2.24, 2.45) is 0 Å². The number of rotatable bonds is 2. The maximum atomic E-state index is 2.40. The summed E-state index contributed by atoms with van der Waals surface area (Å²) < 4.78 is 2.39. The Morgan fingerprint density at radius 1 is 0.692 bits per heavy atom. The number of likely N-dealkylation sites (N-methyl/N-ethyl adjacent to an activating group) is 1. The van der Waals surface area contributed by atoms with Crippen LogP contribution >= 0.6 is 0 Å². The Labute approximate surface area is 234 Å². The monoisotopic (exact) mass is 513 g/mol. The van der Waals surface area contributed by atoms with E-state index in [4.69, 9.17) is 0 Å². The molecule has 2 nitrogen and oxygen atoms in total. The zero-order valence-electron chi connectivity index (χ0n) is 25.2. The summed E-state index contributed by atoms with van der Waals surface area (Å²) in [6, 6.07) is 18.5. The van der Waals surface area contributed by atoms with Gasteiger partial charge in [-0.25, -0.2) is 0 Å². The van der Waals surface area contributed by atoms with Crippen LogP contribution in [0.1, 0.15) is 61.1 Å². The lowest BCUT2D eigenvalue weighted by atomic mass is 9.78. The maximum absolute atomic E-state index is 2.40. The number of hydrogen-bond donors (Lipinski definition) is 0. The van der Waals surface area contributed by atoms with Crippen LogP contribution in [0.3, 0.4) is 0 Å². The molecule has 0 bridgehead atoms. The molecule has 0 amide bonds. The summed E-state index contributed by atoms with van der Waals surface area (Å²) >= 11 is 0. The van der Waals surface area contributed by atoms with E-state index in [1.807, 2.05) is 0 Å². The number of aryl methyl sites for hydroxylation is 4. The van der Waals surface area contributed by atoms with Gasteiger partial charge in [-0.05, 0) is 98.0 Å². The Hall–Kier alpha value is -3.65. The molecule has 0 aromatic heterocycles. The van der Waals surface area contributed by atoms with Crippen LogP contribution in [0.5, 0.6) is 0 Å². The molecule has 0 spiro atoms. The smallest absolute Gasteiger partial charge is 0.210 e. The van der Waals surface area contributed by atoms with Gasteiger partial charge in [-0.3, -0.25) is 0 Å². The molecule has 0 fully saturated rings. The van der Waals surface area contributed by atoms with Gasteiger partial charge in [-0.15, -0.1) is 0 Å². The molecule has 198 valence electrons. The molecule has 0 N–H and O–H groups in total. The standard InChI is InChI=1S/C37H41N2/c1-22-14-15-27-28(19-22)25(4)21-31-34(27)36(5,6)33(39(31)10)13-11-12-32-37(7,8)35-29-20-23(2)18-24(3)26(29)16-17-30(35)38(32)9/h11-21H,1-10H3/q+1. The van der Waals surface area contributed by atoms with Gasteiger partial charge in [0.05, 0.1) is 5.41 Å². The Kier molecular flexibility index (Phi) is 5.53. The zero-order valence-corrected chi connectivity index (χ0v) is 25.2. The fourth-order valence-corrected chi connectivity index (χ4v) is 7.57. The third-order valence-electron chi connectivity index (χ3n) is 9.43. The van der Waals surface area contributed by atoms with E-state index in [1.54, 1.807) is 0 Å². The predicted octanol–water partition coefficient (Wildman–Crippen LogP) is 9.10. The average molecular weight is 514 g/mol. The van der Waals surface area contributed by atoms with E-state index >= 15 is 0 Å². The fourth-order valence-electron chi connectivity index (χ4n) is 7.57. The molecule has 2 heteroatoms.